The Bertz CT molecular complexity index is 1660. The minimum atomic E-state index is -3.12. The Morgan fingerprint density at radius 2 is 0.880 bits per heavy atom. The summed E-state index contributed by atoms with van der Waals surface area (Å²) in [7, 11) is -3.12. The standard InChI is InChI=1S/C43H48O6Si/c1-43(2,3)50(36-25-15-7-16-26-36,37-27-17-8-18-28-37)49-42-41(47-32-35-23-13-6-14-24-35)40(46-31-34-21-11-5-12-22-34)39(38(29-44)48-42)45-30-33-19-9-4-10-20-33/h4-28,38-42,44H,29-32H2,1-3H3/t38-,39-,40+,41-,42-/m1/s1. The number of aliphatic hydroxyl groups is 1. The summed E-state index contributed by atoms with van der Waals surface area (Å²) in [6.45, 7) is 7.39. The van der Waals surface area contributed by atoms with Gasteiger partial charge >= 0.3 is 0 Å². The van der Waals surface area contributed by atoms with E-state index in [-0.39, 0.29) is 11.6 Å². The SMILES string of the molecule is CC(C)(C)[Si](O[C@H]1O[C@H](CO)[C@@H](OCc2ccccc2)[C@H](OCc2ccccc2)[C@H]1OCc1ccccc1)(c1ccccc1)c1ccccc1. The zero-order valence-corrected chi connectivity index (χ0v) is 30.1. The number of aliphatic hydroxyl groups excluding tert-OH is 1. The van der Waals surface area contributed by atoms with Crippen LogP contribution in [-0.2, 0) is 43.2 Å². The molecule has 0 unspecified atom stereocenters. The molecule has 260 valence electrons. The van der Waals surface area contributed by atoms with Crippen molar-refractivity contribution in [2.75, 3.05) is 6.61 Å². The van der Waals surface area contributed by atoms with Crippen LogP contribution in [0.5, 0.6) is 0 Å². The van der Waals surface area contributed by atoms with Crippen LogP contribution in [0, 0.1) is 0 Å². The smallest absolute Gasteiger partial charge is 0.264 e. The molecule has 1 aliphatic heterocycles. The van der Waals surface area contributed by atoms with Gasteiger partial charge in [-0.1, -0.05) is 172 Å². The summed E-state index contributed by atoms with van der Waals surface area (Å²) in [4.78, 5) is 0. The van der Waals surface area contributed by atoms with Gasteiger partial charge in [0.2, 0.25) is 0 Å². The van der Waals surface area contributed by atoms with Crippen LogP contribution in [0.1, 0.15) is 37.5 Å². The second-order valence-electron chi connectivity index (χ2n) is 13.8. The Hall–Kier alpha value is -3.92. The van der Waals surface area contributed by atoms with Crippen LogP contribution >= 0.6 is 0 Å². The molecule has 5 aromatic rings. The fraction of sp³-hybridized carbons (Fsp3) is 0.302. The van der Waals surface area contributed by atoms with Crippen LogP contribution in [0.2, 0.25) is 5.04 Å². The monoisotopic (exact) mass is 688 g/mol. The molecule has 0 saturated carbocycles. The first kappa shape index (κ1) is 35.9. The lowest BCUT2D eigenvalue weighted by molar-refractivity contribution is -0.310. The quantitative estimate of drug-likeness (QED) is 0.126. The summed E-state index contributed by atoms with van der Waals surface area (Å²) in [6, 6.07) is 51.1. The summed E-state index contributed by atoms with van der Waals surface area (Å²) < 4.78 is 34.8. The van der Waals surface area contributed by atoms with E-state index in [1.165, 1.54) is 0 Å². The van der Waals surface area contributed by atoms with Crippen molar-refractivity contribution in [3.63, 3.8) is 0 Å². The van der Waals surface area contributed by atoms with Crippen molar-refractivity contribution in [2.24, 2.45) is 0 Å². The molecule has 0 spiro atoms. The molecule has 1 heterocycles. The van der Waals surface area contributed by atoms with E-state index in [4.69, 9.17) is 23.4 Å². The molecule has 1 aliphatic rings. The number of hydrogen-bond acceptors (Lipinski definition) is 6. The van der Waals surface area contributed by atoms with Crippen LogP contribution in [0.4, 0.5) is 0 Å². The Morgan fingerprint density at radius 1 is 0.520 bits per heavy atom. The van der Waals surface area contributed by atoms with E-state index in [9.17, 15) is 5.11 Å². The Labute approximate surface area is 297 Å². The van der Waals surface area contributed by atoms with Crippen molar-refractivity contribution in [2.45, 2.75) is 76.3 Å². The van der Waals surface area contributed by atoms with Gasteiger partial charge in [0, 0.05) is 0 Å². The highest BCUT2D eigenvalue weighted by molar-refractivity contribution is 6.99. The van der Waals surface area contributed by atoms with Crippen molar-refractivity contribution in [3.8, 4) is 0 Å². The van der Waals surface area contributed by atoms with Crippen LogP contribution in [-0.4, -0.2) is 50.7 Å². The van der Waals surface area contributed by atoms with Gasteiger partial charge in [-0.15, -0.1) is 0 Å². The molecule has 0 aliphatic carbocycles. The van der Waals surface area contributed by atoms with E-state index in [1.807, 2.05) is 103 Å². The number of rotatable bonds is 14. The highest BCUT2D eigenvalue weighted by atomic mass is 28.4. The average Bonchev–Trinajstić information content (AvgIpc) is 3.16. The predicted molar refractivity (Wildman–Crippen MR) is 200 cm³/mol. The normalized spacial score (nSPS) is 21.2. The van der Waals surface area contributed by atoms with E-state index in [2.05, 4.69) is 69.3 Å². The molecule has 5 aromatic carbocycles. The van der Waals surface area contributed by atoms with E-state index in [0.29, 0.717) is 19.8 Å². The topological polar surface area (TPSA) is 66.4 Å². The van der Waals surface area contributed by atoms with Gasteiger partial charge in [-0.3, -0.25) is 0 Å². The van der Waals surface area contributed by atoms with Crippen molar-refractivity contribution < 1.29 is 28.5 Å². The maximum atomic E-state index is 10.9. The molecule has 1 saturated heterocycles. The number of hydrogen-bond donors (Lipinski definition) is 1. The van der Waals surface area contributed by atoms with Gasteiger partial charge in [0.05, 0.1) is 26.4 Å². The minimum Gasteiger partial charge on any atom is -0.394 e. The third kappa shape index (κ3) is 8.33. The molecule has 6 rings (SSSR count). The largest absolute Gasteiger partial charge is 0.394 e. The van der Waals surface area contributed by atoms with Crippen molar-refractivity contribution in [1.29, 1.82) is 0 Å². The van der Waals surface area contributed by atoms with Gasteiger partial charge in [-0.2, -0.15) is 0 Å². The zero-order valence-electron chi connectivity index (χ0n) is 29.1. The maximum Gasteiger partial charge on any atom is 0.264 e. The lowest BCUT2D eigenvalue weighted by Crippen LogP contribution is -2.71. The van der Waals surface area contributed by atoms with Crippen LogP contribution in [0.3, 0.4) is 0 Å². The zero-order chi connectivity index (χ0) is 34.8. The third-order valence-corrected chi connectivity index (χ3v) is 14.3. The highest BCUT2D eigenvalue weighted by Crippen LogP contribution is 2.40. The molecular formula is C43H48O6Si. The molecule has 0 radical (unpaired) electrons. The molecule has 1 fully saturated rings. The minimum absolute atomic E-state index is 0.281. The average molecular weight is 689 g/mol. The van der Waals surface area contributed by atoms with Crippen LogP contribution < -0.4 is 10.4 Å². The van der Waals surface area contributed by atoms with Gasteiger partial charge in [-0.05, 0) is 32.1 Å². The Morgan fingerprint density at radius 3 is 1.26 bits per heavy atom. The van der Waals surface area contributed by atoms with Crippen molar-refractivity contribution in [1.82, 2.24) is 0 Å². The summed E-state index contributed by atoms with van der Waals surface area (Å²) in [5.41, 5.74) is 3.05. The Balaban J connectivity index is 1.44. The van der Waals surface area contributed by atoms with Gasteiger partial charge in [0.1, 0.15) is 24.4 Å². The molecule has 50 heavy (non-hydrogen) atoms. The third-order valence-electron chi connectivity index (χ3n) is 9.34. The van der Waals surface area contributed by atoms with Gasteiger partial charge < -0.3 is 28.5 Å². The fourth-order valence-corrected chi connectivity index (χ4v) is 11.4. The first-order chi connectivity index (χ1) is 24.4. The fourth-order valence-electron chi connectivity index (χ4n) is 6.85. The molecule has 5 atom stereocenters. The lowest BCUT2D eigenvalue weighted by Gasteiger charge is -2.51. The van der Waals surface area contributed by atoms with E-state index >= 15 is 0 Å². The molecule has 0 aromatic heterocycles. The Kier molecular flexibility index (Phi) is 12.1. The highest BCUT2D eigenvalue weighted by Gasteiger charge is 2.56. The second-order valence-corrected chi connectivity index (χ2v) is 18.0. The predicted octanol–water partition coefficient (Wildman–Crippen LogP) is 7.04. The van der Waals surface area contributed by atoms with E-state index < -0.39 is 39.0 Å². The van der Waals surface area contributed by atoms with E-state index in [0.717, 1.165) is 27.1 Å². The molecule has 1 N–H and O–H groups in total. The molecule has 0 bridgehead atoms. The van der Waals surface area contributed by atoms with E-state index in [1.54, 1.807) is 0 Å². The molecular weight excluding hydrogens is 641 g/mol. The van der Waals surface area contributed by atoms with Crippen molar-refractivity contribution in [3.05, 3.63) is 168 Å². The number of benzene rings is 5. The summed E-state index contributed by atoms with van der Waals surface area (Å²) in [5.74, 6) is 0. The first-order valence-electron chi connectivity index (χ1n) is 17.4. The molecule has 7 heteroatoms. The lowest BCUT2D eigenvalue weighted by atomic mass is 9.98. The van der Waals surface area contributed by atoms with Gasteiger partial charge in [0.15, 0.2) is 6.29 Å². The molecule has 6 nitrogen and oxygen atoms in total. The molecule has 0 amide bonds. The number of ether oxygens (including phenoxy) is 4. The van der Waals surface area contributed by atoms with Crippen LogP contribution in [0.25, 0.3) is 0 Å². The summed E-state index contributed by atoms with van der Waals surface area (Å²) >= 11 is 0. The van der Waals surface area contributed by atoms with Crippen LogP contribution in [0.15, 0.2) is 152 Å². The van der Waals surface area contributed by atoms with Gasteiger partial charge in [0.25, 0.3) is 8.32 Å². The maximum absolute atomic E-state index is 10.9. The van der Waals surface area contributed by atoms with Gasteiger partial charge in [-0.25, -0.2) is 0 Å². The second kappa shape index (κ2) is 16.9. The first-order valence-corrected chi connectivity index (χ1v) is 19.3. The van der Waals surface area contributed by atoms with Crippen molar-refractivity contribution >= 4 is 18.7 Å². The summed E-state index contributed by atoms with van der Waals surface area (Å²) in [6.07, 6.45) is -3.62. The summed E-state index contributed by atoms with van der Waals surface area (Å²) in [5, 5.41) is 12.8.